The van der Waals surface area contributed by atoms with Crippen molar-refractivity contribution in [2.45, 2.75) is 0 Å². The van der Waals surface area contributed by atoms with Gasteiger partial charge in [-0.05, 0) is 6.07 Å². The molecular weight excluding hydrogens is 242 g/mol. The van der Waals surface area contributed by atoms with E-state index in [1.165, 1.54) is 24.3 Å². The molecule has 2 amide bonds. The van der Waals surface area contributed by atoms with Crippen molar-refractivity contribution in [2.75, 3.05) is 5.43 Å². The van der Waals surface area contributed by atoms with E-state index >= 15 is 0 Å². The maximum atomic E-state index is 10.8. The molecule has 0 unspecified atom stereocenters. The van der Waals surface area contributed by atoms with E-state index in [9.17, 15) is 19.7 Å². The summed E-state index contributed by atoms with van der Waals surface area (Å²) in [6.45, 7) is 0. The van der Waals surface area contributed by atoms with Gasteiger partial charge in [-0.15, -0.1) is 0 Å². The van der Waals surface area contributed by atoms with Crippen LogP contribution in [0.25, 0.3) is 0 Å². The van der Waals surface area contributed by atoms with E-state index in [1.807, 2.05) is 0 Å². The van der Waals surface area contributed by atoms with Crippen LogP contribution in [0.15, 0.2) is 29.4 Å². The predicted molar refractivity (Wildman–Crippen MR) is 62.5 cm³/mol. The van der Waals surface area contributed by atoms with Crippen molar-refractivity contribution < 1.29 is 14.5 Å². The van der Waals surface area contributed by atoms with E-state index in [2.05, 4.69) is 10.5 Å². The molecule has 5 N–H and O–H groups in total. The van der Waals surface area contributed by atoms with Gasteiger partial charge < -0.3 is 11.5 Å². The molecule has 0 aromatic heterocycles. The fourth-order valence-corrected chi connectivity index (χ4v) is 1.08. The first kappa shape index (κ1) is 13.1. The highest BCUT2D eigenvalue weighted by Gasteiger charge is 2.16. The van der Waals surface area contributed by atoms with Crippen LogP contribution >= 0.6 is 0 Å². The van der Waals surface area contributed by atoms with Gasteiger partial charge in [-0.1, -0.05) is 12.1 Å². The summed E-state index contributed by atoms with van der Waals surface area (Å²) >= 11 is 0. The molecule has 9 nitrogen and oxygen atoms in total. The van der Waals surface area contributed by atoms with E-state index in [0.717, 1.165) is 0 Å². The molecule has 0 saturated carbocycles. The molecule has 0 spiro atoms. The zero-order valence-corrected chi connectivity index (χ0v) is 8.99. The molecule has 1 aromatic rings. The number of carbonyl (C=O) groups excluding carboxylic acids is 2. The van der Waals surface area contributed by atoms with Crippen molar-refractivity contribution in [1.82, 2.24) is 0 Å². The quantitative estimate of drug-likeness (QED) is 0.274. The van der Waals surface area contributed by atoms with Crippen LogP contribution in [0.1, 0.15) is 0 Å². The molecule has 1 rings (SSSR count). The van der Waals surface area contributed by atoms with Gasteiger partial charge in [0.25, 0.3) is 17.5 Å². The Labute approximate surface area is 101 Å². The van der Waals surface area contributed by atoms with Gasteiger partial charge >= 0.3 is 0 Å². The van der Waals surface area contributed by atoms with Crippen molar-refractivity contribution in [1.29, 1.82) is 0 Å². The molecule has 0 bridgehead atoms. The van der Waals surface area contributed by atoms with Gasteiger partial charge in [0.1, 0.15) is 5.69 Å². The number of benzene rings is 1. The third-order valence-electron chi connectivity index (χ3n) is 1.86. The summed E-state index contributed by atoms with van der Waals surface area (Å²) in [4.78, 5) is 31.6. The molecule has 1 aromatic carbocycles. The zero-order chi connectivity index (χ0) is 13.7. The first-order chi connectivity index (χ1) is 8.43. The minimum atomic E-state index is -1.13. The Morgan fingerprint density at radius 1 is 1.22 bits per heavy atom. The van der Waals surface area contributed by atoms with E-state index < -0.39 is 22.4 Å². The summed E-state index contributed by atoms with van der Waals surface area (Å²) < 4.78 is 0. The first-order valence-corrected chi connectivity index (χ1v) is 4.60. The normalized spacial score (nSPS) is 9.33. The average Bonchev–Trinajstić information content (AvgIpc) is 2.28. The number of primary amides is 2. The molecule has 0 saturated heterocycles. The van der Waals surface area contributed by atoms with Crippen LogP contribution in [0.5, 0.6) is 0 Å². The SMILES string of the molecule is NC(=O)C(=NNc1ccccc1[N+](=O)[O-])C(N)=O. The van der Waals surface area contributed by atoms with Gasteiger partial charge in [-0.25, -0.2) is 0 Å². The highest BCUT2D eigenvalue weighted by atomic mass is 16.6. The Hall–Kier alpha value is -2.97. The van der Waals surface area contributed by atoms with Crippen molar-refractivity contribution >= 4 is 28.9 Å². The predicted octanol–water partition coefficient (Wildman–Crippen LogP) is -0.667. The number of anilines is 1. The lowest BCUT2D eigenvalue weighted by Gasteiger charge is -2.02. The molecule has 94 valence electrons. The summed E-state index contributed by atoms with van der Waals surface area (Å²) in [6, 6.07) is 5.54. The van der Waals surface area contributed by atoms with Crippen LogP contribution < -0.4 is 16.9 Å². The number of carbonyl (C=O) groups is 2. The van der Waals surface area contributed by atoms with Crippen LogP contribution in [0.4, 0.5) is 11.4 Å². The topological polar surface area (TPSA) is 154 Å². The molecule has 9 heteroatoms. The second kappa shape index (κ2) is 5.39. The maximum Gasteiger partial charge on any atom is 0.294 e. The third-order valence-corrected chi connectivity index (χ3v) is 1.86. The molecule has 18 heavy (non-hydrogen) atoms. The van der Waals surface area contributed by atoms with Gasteiger partial charge in [-0.2, -0.15) is 5.10 Å². The van der Waals surface area contributed by atoms with Gasteiger partial charge in [0, 0.05) is 6.07 Å². The van der Waals surface area contributed by atoms with E-state index in [1.54, 1.807) is 0 Å². The summed E-state index contributed by atoms with van der Waals surface area (Å²) in [7, 11) is 0. The van der Waals surface area contributed by atoms with Gasteiger partial charge in [-0.3, -0.25) is 25.1 Å². The van der Waals surface area contributed by atoms with E-state index in [-0.39, 0.29) is 11.4 Å². The van der Waals surface area contributed by atoms with E-state index in [4.69, 9.17) is 11.5 Å². The van der Waals surface area contributed by atoms with Crippen LogP contribution in [-0.4, -0.2) is 22.4 Å². The van der Waals surface area contributed by atoms with Crippen LogP contribution in [-0.2, 0) is 9.59 Å². The smallest absolute Gasteiger partial charge is 0.294 e. The third kappa shape index (κ3) is 3.01. The van der Waals surface area contributed by atoms with Crippen LogP contribution in [0.3, 0.4) is 0 Å². The summed E-state index contributed by atoms with van der Waals surface area (Å²) in [5.41, 5.74) is 10.9. The zero-order valence-electron chi connectivity index (χ0n) is 8.99. The minimum absolute atomic E-state index is 0.00231. The maximum absolute atomic E-state index is 10.8. The molecule has 0 radical (unpaired) electrons. The van der Waals surface area contributed by atoms with E-state index in [0.29, 0.717) is 0 Å². The Bertz CT molecular complexity index is 524. The number of amides is 2. The monoisotopic (exact) mass is 251 g/mol. The summed E-state index contributed by atoms with van der Waals surface area (Å²) in [5.74, 6) is -2.26. The minimum Gasteiger partial charge on any atom is -0.364 e. The Kier molecular flexibility index (Phi) is 3.92. The van der Waals surface area contributed by atoms with Gasteiger partial charge in [0.05, 0.1) is 4.92 Å². The largest absolute Gasteiger partial charge is 0.364 e. The molecule has 0 atom stereocenters. The molecule has 0 heterocycles. The number of hydrogen-bond acceptors (Lipinski definition) is 6. The summed E-state index contributed by atoms with van der Waals surface area (Å²) in [6.07, 6.45) is 0. The second-order valence-electron chi connectivity index (χ2n) is 3.07. The molecule has 0 aliphatic rings. The lowest BCUT2D eigenvalue weighted by molar-refractivity contribution is -0.384. The average molecular weight is 251 g/mol. The highest BCUT2D eigenvalue weighted by molar-refractivity contribution is 6.64. The number of nitrogens with zero attached hydrogens (tertiary/aromatic N) is 2. The van der Waals surface area contributed by atoms with Gasteiger partial charge in [0.2, 0.25) is 5.71 Å². The number of nitro groups is 1. The second-order valence-corrected chi connectivity index (χ2v) is 3.07. The van der Waals surface area contributed by atoms with Crippen molar-refractivity contribution in [3.63, 3.8) is 0 Å². The number of hydrogen-bond donors (Lipinski definition) is 3. The molecule has 0 fully saturated rings. The highest BCUT2D eigenvalue weighted by Crippen LogP contribution is 2.22. The van der Waals surface area contributed by atoms with Gasteiger partial charge in [0.15, 0.2) is 0 Å². The Morgan fingerprint density at radius 2 is 1.78 bits per heavy atom. The van der Waals surface area contributed by atoms with Crippen molar-refractivity contribution in [3.8, 4) is 0 Å². The molecule has 0 aliphatic heterocycles. The number of hydrazone groups is 1. The first-order valence-electron chi connectivity index (χ1n) is 4.60. The lowest BCUT2D eigenvalue weighted by Crippen LogP contribution is -2.36. The number of nitro benzene ring substituents is 1. The fraction of sp³-hybridized carbons (Fsp3) is 0. The molecule has 0 aliphatic carbocycles. The fourth-order valence-electron chi connectivity index (χ4n) is 1.08. The van der Waals surface area contributed by atoms with Crippen LogP contribution in [0.2, 0.25) is 0 Å². The number of rotatable bonds is 5. The van der Waals surface area contributed by atoms with Crippen LogP contribution in [0, 0.1) is 10.1 Å². The molecular formula is C9H9N5O4. The summed E-state index contributed by atoms with van der Waals surface area (Å²) in [5, 5.41) is 14.0. The van der Waals surface area contributed by atoms with Crippen molar-refractivity contribution in [2.24, 2.45) is 16.6 Å². The van der Waals surface area contributed by atoms with Crippen molar-refractivity contribution in [3.05, 3.63) is 34.4 Å². The lowest BCUT2D eigenvalue weighted by atomic mass is 10.3. The Balaban J connectivity index is 3.05. The Morgan fingerprint density at radius 3 is 2.28 bits per heavy atom. The number of para-hydroxylation sites is 2. The number of nitrogens with one attached hydrogen (secondary N) is 1. The number of nitrogens with two attached hydrogens (primary N) is 2. The standard InChI is InChI=1S/C9H9N5O4/c10-8(15)7(9(11)16)13-12-5-3-1-2-4-6(5)14(17)18/h1-4,12H,(H2,10,15)(H2,11,16).